The van der Waals surface area contributed by atoms with Crippen LogP contribution in [0.25, 0.3) is 0 Å². The minimum atomic E-state index is -3.84. The second-order valence-electron chi connectivity index (χ2n) is 5.09. The molecule has 0 aliphatic rings. The van der Waals surface area contributed by atoms with Crippen LogP contribution in [0.1, 0.15) is 5.56 Å². The van der Waals surface area contributed by atoms with Gasteiger partial charge < -0.3 is 9.47 Å². The van der Waals surface area contributed by atoms with Crippen LogP contribution in [0.4, 0.5) is 8.78 Å². The summed E-state index contributed by atoms with van der Waals surface area (Å²) in [7, 11) is -2.52. The molecule has 0 amide bonds. The lowest BCUT2D eigenvalue weighted by Crippen LogP contribution is -2.26. The Kier molecular flexibility index (Phi) is 7.05. The smallest absolute Gasteiger partial charge is 0.387 e. The maximum atomic E-state index is 12.3. The van der Waals surface area contributed by atoms with Crippen LogP contribution in [0.5, 0.6) is 11.5 Å². The van der Waals surface area contributed by atoms with Gasteiger partial charge in [-0.2, -0.15) is 8.78 Å². The van der Waals surface area contributed by atoms with Crippen LogP contribution >= 0.6 is 23.2 Å². The lowest BCUT2D eigenvalue weighted by molar-refractivity contribution is -0.0512. The molecule has 0 saturated carbocycles. The second kappa shape index (κ2) is 8.85. The van der Waals surface area contributed by atoms with Crippen molar-refractivity contribution in [1.29, 1.82) is 0 Å². The Balaban J connectivity index is 2.06. The largest absolute Gasteiger partial charge is 0.493 e. The highest BCUT2D eigenvalue weighted by molar-refractivity contribution is 7.89. The van der Waals surface area contributed by atoms with E-state index in [0.29, 0.717) is 12.0 Å². The number of sulfonamides is 1. The van der Waals surface area contributed by atoms with Crippen molar-refractivity contribution in [3.63, 3.8) is 0 Å². The SMILES string of the molecule is COc1cc(CCNS(=O)(=O)c2cc(Cl)ccc2Cl)ccc1OC(F)F. The summed E-state index contributed by atoms with van der Waals surface area (Å²) in [6.07, 6.45) is 0.294. The van der Waals surface area contributed by atoms with Gasteiger partial charge in [0.2, 0.25) is 10.0 Å². The Morgan fingerprint density at radius 3 is 2.50 bits per heavy atom. The summed E-state index contributed by atoms with van der Waals surface area (Å²) in [5, 5.41) is 0.297. The van der Waals surface area contributed by atoms with Crippen molar-refractivity contribution in [2.45, 2.75) is 17.9 Å². The molecule has 0 fully saturated rings. The fraction of sp³-hybridized carbons (Fsp3) is 0.250. The summed E-state index contributed by atoms with van der Waals surface area (Å²) in [5.41, 5.74) is 0.670. The molecular formula is C16H15Cl2F2NO4S. The van der Waals surface area contributed by atoms with Crippen molar-refractivity contribution in [2.75, 3.05) is 13.7 Å². The molecule has 0 radical (unpaired) electrons. The molecule has 0 aliphatic carbocycles. The van der Waals surface area contributed by atoms with Gasteiger partial charge in [-0.1, -0.05) is 29.3 Å². The molecule has 1 N–H and O–H groups in total. The maximum Gasteiger partial charge on any atom is 0.387 e. The molecule has 0 saturated heterocycles. The number of nitrogens with one attached hydrogen (secondary N) is 1. The minimum Gasteiger partial charge on any atom is -0.493 e. The molecule has 0 unspecified atom stereocenters. The molecule has 0 spiro atoms. The first-order chi connectivity index (χ1) is 12.2. The molecule has 2 aromatic carbocycles. The highest BCUT2D eigenvalue weighted by Gasteiger charge is 2.18. The van der Waals surface area contributed by atoms with E-state index >= 15 is 0 Å². The van der Waals surface area contributed by atoms with Gasteiger partial charge in [0.1, 0.15) is 4.90 Å². The molecule has 0 atom stereocenters. The fourth-order valence-corrected chi connectivity index (χ4v) is 3.94. The predicted octanol–water partition coefficient (Wildman–Crippen LogP) is 4.12. The quantitative estimate of drug-likeness (QED) is 0.690. The van der Waals surface area contributed by atoms with Gasteiger partial charge in [-0.05, 0) is 42.3 Å². The molecule has 0 bridgehead atoms. The van der Waals surface area contributed by atoms with Crippen LogP contribution in [0, 0.1) is 0 Å². The third-order valence-corrected chi connectivity index (χ3v) is 5.51. The van der Waals surface area contributed by atoms with Crippen LogP contribution in [0.3, 0.4) is 0 Å². The van der Waals surface area contributed by atoms with E-state index < -0.39 is 16.6 Å². The fourth-order valence-electron chi connectivity index (χ4n) is 2.15. The molecule has 26 heavy (non-hydrogen) atoms. The lowest BCUT2D eigenvalue weighted by atomic mass is 10.1. The molecule has 0 aromatic heterocycles. The molecule has 5 nitrogen and oxygen atoms in total. The minimum absolute atomic E-state index is 0.0528. The van der Waals surface area contributed by atoms with Crippen molar-refractivity contribution >= 4 is 33.2 Å². The average Bonchev–Trinajstić information content (AvgIpc) is 2.57. The number of rotatable bonds is 8. The van der Waals surface area contributed by atoms with Crippen LogP contribution in [0.2, 0.25) is 10.0 Å². The van der Waals surface area contributed by atoms with Crippen molar-refractivity contribution in [3.8, 4) is 11.5 Å². The number of methoxy groups -OCH3 is 1. The molecule has 0 heterocycles. The van der Waals surface area contributed by atoms with E-state index in [4.69, 9.17) is 27.9 Å². The van der Waals surface area contributed by atoms with Crippen LogP contribution in [-0.4, -0.2) is 28.7 Å². The molecule has 10 heteroatoms. The van der Waals surface area contributed by atoms with Gasteiger partial charge in [0, 0.05) is 11.6 Å². The second-order valence-corrected chi connectivity index (χ2v) is 7.67. The standard InChI is InChI=1S/C16H15Cl2F2NO4S/c1-24-14-8-10(2-5-13(14)25-16(19)20)6-7-21-26(22,23)15-9-11(17)3-4-12(15)18/h2-5,8-9,16,21H,6-7H2,1H3. The van der Waals surface area contributed by atoms with E-state index in [0.717, 1.165) is 0 Å². The number of ether oxygens (including phenoxy) is 2. The summed E-state index contributed by atoms with van der Waals surface area (Å²) >= 11 is 11.7. The van der Waals surface area contributed by atoms with E-state index in [1.165, 1.54) is 37.4 Å². The van der Waals surface area contributed by atoms with Crippen LogP contribution in [-0.2, 0) is 16.4 Å². The lowest BCUT2D eigenvalue weighted by Gasteiger charge is -2.12. The third-order valence-electron chi connectivity index (χ3n) is 3.33. The first kappa shape index (κ1) is 20.7. The Bertz CT molecular complexity index is 879. The molecule has 0 aliphatic heterocycles. The van der Waals surface area contributed by atoms with Crippen LogP contribution < -0.4 is 14.2 Å². The zero-order valence-electron chi connectivity index (χ0n) is 13.5. The highest BCUT2D eigenvalue weighted by Crippen LogP contribution is 2.29. The van der Waals surface area contributed by atoms with Crippen molar-refractivity contribution in [2.24, 2.45) is 0 Å². The van der Waals surface area contributed by atoms with E-state index in [9.17, 15) is 17.2 Å². The average molecular weight is 426 g/mol. The third kappa shape index (κ3) is 5.44. The Morgan fingerprint density at radius 1 is 1.12 bits per heavy atom. The first-order valence-electron chi connectivity index (χ1n) is 7.29. The molecule has 142 valence electrons. The summed E-state index contributed by atoms with van der Waals surface area (Å²) in [6, 6.07) is 8.51. The normalized spacial score (nSPS) is 11.6. The molecule has 2 rings (SSSR count). The number of hydrogen-bond acceptors (Lipinski definition) is 4. The Labute approximate surface area is 159 Å². The number of benzene rings is 2. The van der Waals surface area contributed by atoms with E-state index in [1.54, 1.807) is 6.07 Å². The van der Waals surface area contributed by atoms with Crippen LogP contribution in [0.15, 0.2) is 41.3 Å². The van der Waals surface area contributed by atoms with E-state index in [2.05, 4.69) is 9.46 Å². The van der Waals surface area contributed by atoms with Crippen molar-refractivity contribution in [3.05, 3.63) is 52.0 Å². The van der Waals surface area contributed by atoms with Crippen molar-refractivity contribution < 1.29 is 26.7 Å². The predicted molar refractivity (Wildman–Crippen MR) is 95.0 cm³/mol. The Hall–Kier alpha value is -1.61. The number of hydrogen-bond donors (Lipinski definition) is 1. The zero-order valence-corrected chi connectivity index (χ0v) is 15.8. The van der Waals surface area contributed by atoms with Crippen molar-refractivity contribution in [1.82, 2.24) is 4.72 Å². The van der Waals surface area contributed by atoms with E-state index in [1.807, 2.05) is 0 Å². The topological polar surface area (TPSA) is 64.6 Å². The Morgan fingerprint density at radius 2 is 1.85 bits per heavy atom. The number of halogens is 4. The van der Waals surface area contributed by atoms with Gasteiger partial charge >= 0.3 is 6.61 Å². The highest BCUT2D eigenvalue weighted by atomic mass is 35.5. The first-order valence-corrected chi connectivity index (χ1v) is 9.53. The maximum absolute atomic E-state index is 12.3. The monoisotopic (exact) mass is 425 g/mol. The summed E-state index contributed by atoms with van der Waals surface area (Å²) < 4.78 is 61.0. The molecule has 2 aromatic rings. The van der Waals surface area contributed by atoms with E-state index in [-0.39, 0.29) is 33.0 Å². The van der Waals surface area contributed by atoms with Gasteiger partial charge in [0.15, 0.2) is 11.5 Å². The molecular weight excluding hydrogens is 411 g/mol. The summed E-state index contributed by atoms with van der Waals surface area (Å²) in [4.78, 5) is -0.120. The summed E-state index contributed by atoms with van der Waals surface area (Å²) in [6.45, 7) is -2.91. The van der Waals surface area contributed by atoms with Gasteiger partial charge in [-0.25, -0.2) is 13.1 Å². The summed E-state index contributed by atoms with van der Waals surface area (Å²) in [5.74, 6) is 0.0288. The van der Waals surface area contributed by atoms with Gasteiger partial charge in [-0.15, -0.1) is 0 Å². The number of alkyl halides is 2. The van der Waals surface area contributed by atoms with Gasteiger partial charge in [0.25, 0.3) is 0 Å². The van der Waals surface area contributed by atoms with Gasteiger partial charge in [0.05, 0.1) is 12.1 Å². The van der Waals surface area contributed by atoms with Gasteiger partial charge in [-0.3, -0.25) is 0 Å². The zero-order chi connectivity index (χ0) is 19.3.